The van der Waals surface area contributed by atoms with E-state index < -0.39 is 11.5 Å². The second kappa shape index (κ2) is 7.58. The van der Waals surface area contributed by atoms with E-state index in [9.17, 15) is 9.59 Å². The van der Waals surface area contributed by atoms with Gasteiger partial charge in [-0.1, -0.05) is 26.0 Å². The fourth-order valence-electron chi connectivity index (χ4n) is 1.93. The predicted octanol–water partition coefficient (Wildman–Crippen LogP) is 2.65. The number of aromatic amines is 1. The number of nitrogens with one attached hydrogen (secondary N) is 1. The van der Waals surface area contributed by atoms with Crippen LogP contribution < -0.4 is 10.3 Å². The Kier molecular flexibility index (Phi) is 5.51. The van der Waals surface area contributed by atoms with Crippen LogP contribution in [0.25, 0.3) is 11.4 Å². The topological polar surface area (TPSA) is 81.3 Å². The lowest BCUT2D eigenvalue weighted by atomic mass is 10.1. The monoisotopic (exact) mass is 316 g/mol. The molecule has 6 nitrogen and oxygen atoms in total. The van der Waals surface area contributed by atoms with Gasteiger partial charge in [0.1, 0.15) is 17.1 Å². The standard InChI is InChI=1S/C17H20N2O4/c1-4-22-17(21)13-9-18-15(19-16(13)20)12-7-5-6-8-14(12)23-10-11(2)3/h5-9,11H,4,10H2,1-3H3,(H,18,19,20). The van der Waals surface area contributed by atoms with Crippen LogP contribution in [-0.4, -0.2) is 29.2 Å². The summed E-state index contributed by atoms with van der Waals surface area (Å²) in [4.78, 5) is 30.5. The van der Waals surface area contributed by atoms with Crippen molar-refractivity contribution in [1.82, 2.24) is 9.97 Å². The zero-order valence-corrected chi connectivity index (χ0v) is 13.5. The van der Waals surface area contributed by atoms with E-state index >= 15 is 0 Å². The van der Waals surface area contributed by atoms with E-state index in [1.807, 2.05) is 18.2 Å². The van der Waals surface area contributed by atoms with Crippen LogP contribution in [0.15, 0.2) is 35.3 Å². The van der Waals surface area contributed by atoms with E-state index in [-0.39, 0.29) is 12.2 Å². The van der Waals surface area contributed by atoms with Gasteiger partial charge in [0.05, 0.1) is 18.8 Å². The average Bonchev–Trinajstić information content (AvgIpc) is 2.53. The van der Waals surface area contributed by atoms with Crippen LogP contribution in [0, 0.1) is 5.92 Å². The molecule has 0 fully saturated rings. The van der Waals surface area contributed by atoms with E-state index in [0.717, 1.165) is 0 Å². The summed E-state index contributed by atoms with van der Waals surface area (Å²) in [5, 5.41) is 0. The molecule has 0 bridgehead atoms. The molecule has 1 aromatic carbocycles. The van der Waals surface area contributed by atoms with Gasteiger partial charge in [0.25, 0.3) is 5.56 Å². The number of aromatic nitrogens is 2. The van der Waals surface area contributed by atoms with Crippen molar-refractivity contribution in [2.75, 3.05) is 13.2 Å². The first-order valence-electron chi connectivity index (χ1n) is 7.51. The highest BCUT2D eigenvalue weighted by atomic mass is 16.5. The van der Waals surface area contributed by atoms with Gasteiger partial charge < -0.3 is 14.5 Å². The van der Waals surface area contributed by atoms with E-state index in [0.29, 0.717) is 29.7 Å². The number of ether oxygens (including phenoxy) is 2. The fraction of sp³-hybridized carbons (Fsp3) is 0.353. The van der Waals surface area contributed by atoms with Gasteiger partial charge >= 0.3 is 5.97 Å². The van der Waals surface area contributed by atoms with E-state index in [1.54, 1.807) is 13.0 Å². The first kappa shape index (κ1) is 16.7. The van der Waals surface area contributed by atoms with Crippen molar-refractivity contribution in [3.05, 3.63) is 46.4 Å². The van der Waals surface area contributed by atoms with Crippen LogP contribution in [0.2, 0.25) is 0 Å². The Morgan fingerprint density at radius 3 is 2.70 bits per heavy atom. The Hall–Kier alpha value is -2.63. The first-order valence-corrected chi connectivity index (χ1v) is 7.51. The highest BCUT2D eigenvalue weighted by Crippen LogP contribution is 2.26. The van der Waals surface area contributed by atoms with Gasteiger partial charge in [0.2, 0.25) is 0 Å². The Morgan fingerprint density at radius 2 is 2.04 bits per heavy atom. The van der Waals surface area contributed by atoms with Crippen LogP contribution in [0.5, 0.6) is 5.75 Å². The number of H-pyrrole nitrogens is 1. The molecule has 0 aliphatic rings. The average molecular weight is 316 g/mol. The summed E-state index contributed by atoms with van der Waals surface area (Å²) in [7, 11) is 0. The Balaban J connectivity index is 2.34. The lowest BCUT2D eigenvalue weighted by Crippen LogP contribution is -2.21. The smallest absolute Gasteiger partial charge is 0.345 e. The molecule has 0 saturated heterocycles. The highest BCUT2D eigenvalue weighted by molar-refractivity contribution is 5.88. The molecular formula is C17H20N2O4. The van der Waals surface area contributed by atoms with E-state index in [4.69, 9.17) is 9.47 Å². The molecule has 0 atom stereocenters. The van der Waals surface area contributed by atoms with Crippen LogP contribution in [0.4, 0.5) is 0 Å². The minimum absolute atomic E-state index is 0.115. The van der Waals surface area contributed by atoms with Crippen molar-refractivity contribution in [3.8, 4) is 17.1 Å². The molecule has 0 unspecified atom stereocenters. The van der Waals surface area contributed by atoms with Gasteiger partial charge in [0, 0.05) is 6.20 Å². The molecule has 0 aliphatic carbocycles. The number of para-hydroxylation sites is 1. The molecule has 0 amide bonds. The van der Waals surface area contributed by atoms with Gasteiger partial charge in [-0.2, -0.15) is 0 Å². The van der Waals surface area contributed by atoms with Crippen LogP contribution in [-0.2, 0) is 4.74 Å². The minimum Gasteiger partial charge on any atom is -0.493 e. The molecule has 6 heteroatoms. The maximum Gasteiger partial charge on any atom is 0.345 e. The molecule has 2 rings (SSSR count). The molecule has 122 valence electrons. The van der Waals surface area contributed by atoms with Gasteiger partial charge in [0.15, 0.2) is 0 Å². The largest absolute Gasteiger partial charge is 0.493 e. The van der Waals surface area contributed by atoms with E-state index in [2.05, 4.69) is 23.8 Å². The second-order valence-corrected chi connectivity index (χ2v) is 5.40. The number of esters is 1. The molecule has 2 aromatic rings. The number of carbonyl (C=O) groups excluding carboxylic acids is 1. The summed E-state index contributed by atoms with van der Waals surface area (Å²) in [5.74, 6) is 0.675. The summed E-state index contributed by atoms with van der Waals surface area (Å²) in [6, 6.07) is 7.30. The van der Waals surface area contributed by atoms with Crippen molar-refractivity contribution in [2.45, 2.75) is 20.8 Å². The summed E-state index contributed by atoms with van der Waals surface area (Å²) >= 11 is 0. The number of benzene rings is 1. The predicted molar refractivity (Wildman–Crippen MR) is 86.6 cm³/mol. The molecule has 1 N–H and O–H groups in total. The number of nitrogens with zero attached hydrogens (tertiary/aromatic N) is 1. The van der Waals surface area contributed by atoms with Crippen LogP contribution in [0.1, 0.15) is 31.1 Å². The molecule has 23 heavy (non-hydrogen) atoms. The maximum atomic E-state index is 12.1. The molecule has 0 saturated carbocycles. The maximum absolute atomic E-state index is 12.1. The van der Waals surface area contributed by atoms with Gasteiger partial charge in [-0.05, 0) is 25.0 Å². The third-order valence-corrected chi connectivity index (χ3v) is 3.01. The summed E-state index contributed by atoms with van der Waals surface area (Å²) < 4.78 is 10.6. The zero-order valence-electron chi connectivity index (χ0n) is 13.5. The molecule has 0 spiro atoms. The van der Waals surface area contributed by atoms with Gasteiger partial charge in [-0.15, -0.1) is 0 Å². The van der Waals surface area contributed by atoms with Crippen molar-refractivity contribution in [1.29, 1.82) is 0 Å². The normalized spacial score (nSPS) is 10.6. The Bertz CT molecular complexity index is 737. The fourth-order valence-corrected chi connectivity index (χ4v) is 1.93. The van der Waals surface area contributed by atoms with Crippen molar-refractivity contribution in [3.63, 3.8) is 0 Å². The highest BCUT2D eigenvalue weighted by Gasteiger charge is 2.15. The third-order valence-electron chi connectivity index (χ3n) is 3.01. The molecule has 0 radical (unpaired) electrons. The summed E-state index contributed by atoms with van der Waals surface area (Å²) in [6.07, 6.45) is 1.23. The first-order chi connectivity index (χ1) is 11.0. The molecule has 1 aromatic heterocycles. The summed E-state index contributed by atoms with van der Waals surface area (Å²) in [6.45, 7) is 6.54. The van der Waals surface area contributed by atoms with Crippen molar-refractivity contribution in [2.24, 2.45) is 5.92 Å². The SMILES string of the molecule is CCOC(=O)c1cnc(-c2ccccc2OCC(C)C)[nH]c1=O. The second-order valence-electron chi connectivity index (χ2n) is 5.40. The third kappa shape index (κ3) is 4.18. The van der Waals surface area contributed by atoms with Crippen LogP contribution in [0.3, 0.4) is 0 Å². The van der Waals surface area contributed by atoms with Gasteiger partial charge in [-0.3, -0.25) is 4.79 Å². The lowest BCUT2D eigenvalue weighted by molar-refractivity contribution is 0.0524. The summed E-state index contributed by atoms with van der Waals surface area (Å²) in [5.41, 5.74) is 0.0175. The van der Waals surface area contributed by atoms with Crippen molar-refractivity contribution < 1.29 is 14.3 Å². The Labute approximate surface area is 134 Å². The van der Waals surface area contributed by atoms with Crippen molar-refractivity contribution >= 4 is 5.97 Å². The number of hydrogen-bond acceptors (Lipinski definition) is 5. The van der Waals surface area contributed by atoms with Gasteiger partial charge in [-0.25, -0.2) is 9.78 Å². The van der Waals surface area contributed by atoms with E-state index in [1.165, 1.54) is 6.20 Å². The number of rotatable bonds is 6. The zero-order chi connectivity index (χ0) is 16.8. The molecule has 0 aliphatic heterocycles. The number of hydrogen-bond donors (Lipinski definition) is 1. The lowest BCUT2D eigenvalue weighted by Gasteiger charge is -2.12. The molecule has 1 heterocycles. The van der Waals surface area contributed by atoms with Crippen LogP contribution >= 0.6 is 0 Å². The Morgan fingerprint density at radius 1 is 1.30 bits per heavy atom. The number of carbonyl (C=O) groups is 1. The quantitative estimate of drug-likeness (QED) is 0.829. The minimum atomic E-state index is -0.683. The molecular weight excluding hydrogens is 296 g/mol.